The first-order valence-electron chi connectivity index (χ1n) is 8.25. The summed E-state index contributed by atoms with van der Waals surface area (Å²) >= 11 is 1.26. The van der Waals surface area contributed by atoms with Crippen LogP contribution in [0.15, 0.2) is 34.3 Å². The van der Waals surface area contributed by atoms with E-state index in [9.17, 15) is 9.90 Å². The van der Waals surface area contributed by atoms with Gasteiger partial charge in [-0.3, -0.25) is 4.90 Å². The summed E-state index contributed by atoms with van der Waals surface area (Å²) in [6.45, 7) is 0. The van der Waals surface area contributed by atoms with Crippen LogP contribution in [-0.4, -0.2) is 28.7 Å². The van der Waals surface area contributed by atoms with Gasteiger partial charge in [-0.25, -0.2) is 9.79 Å². The second-order valence-electron chi connectivity index (χ2n) is 6.46. The summed E-state index contributed by atoms with van der Waals surface area (Å²) in [4.78, 5) is 22.3. The van der Waals surface area contributed by atoms with E-state index in [2.05, 4.69) is 9.98 Å². The smallest absolute Gasteiger partial charge is 0.345 e. The van der Waals surface area contributed by atoms with Crippen LogP contribution in [0.2, 0.25) is 0 Å². The fourth-order valence-corrected chi connectivity index (χ4v) is 4.65. The monoisotopic (exact) mass is 357 g/mol. The number of carboxylic acid groups (broad SMARTS) is 1. The third-order valence-electron chi connectivity index (χ3n) is 4.82. The molecule has 130 valence electrons. The maximum absolute atomic E-state index is 11.2. The van der Waals surface area contributed by atoms with Crippen molar-refractivity contribution in [1.29, 1.82) is 0 Å². The molecule has 25 heavy (non-hydrogen) atoms. The number of nitrogens with two attached hydrogens (primary N) is 2. The summed E-state index contributed by atoms with van der Waals surface area (Å²) in [5.41, 5.74) is 12.5. The maximum Gasteiger partial charge on any atom is 0.345 e. The minimum atomic E-state index is -0.914. The van der Waals surface area contributed by atoms with Gasteiger partial charge < -0.3 is 16.6 Å². The summed E-state index contributed by atoms with van der Waals surface area (Å²) in [7, 11) is 0. The van der Waals surface area contributed by atoms with Crippen molar-refractivity contribution in [2.75, 3.05) is 4.90 Å². The summed E-state index contributed by atoms with van der Waals surface area (Å²) in [5, 5.41) is 10.1. The highest BCUT2D eigenvalue weighted by molar-refractivity contribution is 7.20. The average molecular weight is 357 g/mol. The van der Waals surface area contributed by atoms with Crippen molar-refractivity contribution in [2.45, 2.75) is 37.8 Å². The number of rotatable bonds is 2. The lowest BCUT2D eigenvalue weighted by molar-refractivity contribution is 0.0702. The highest BCUT2D eigenvalue weighted by Gasteiger charge is 2.42. The maximum atomic E-state index is 11.2. The van der Waals surface area contributed by atoms with Gasteiger partial charge in [0.15, 0.2) is 0 Å². The lowest BCUT2D eigenvalue weighted by atomic mass is 9.87. The van der Waals surface area contributed by atoms with E-state index in [1.165, 1.54) is 17.8 Å². The van der Waals surface area contributed by atoms with Gasteiger partial charge in [0.1, 0.15) is 10.5 Å². The number of benzene rings is 1. The quantitative estimate of drug-likeness (QED) is 0.764. The normalized spacial score (nSPS) is 19.8. The van der Waals surface area contributed by atoms with Crippen molar-refractivity contribution in [1.82, 2.24) is 0 Å². The molecule has 1 aromatic carbocycles. The molecule has 1 aliphatic carbocycles. The number of hydrogen-bond donors (Lipinski definition) is 3. The molecule has 0 saturated heterocycles. The molecule has 1 aromatic heterocycles. The number of nitrogens with zero attached hydrogens (tertiary/aromatic N) is 3. The topological polar surface area (TPSA) is 117 Å². The number of aliphatic imine (C=N–C) groups is 2. The molecule has 7 nitrogen and oxygen atoms in total. The van der Waals surface area contributed by atoms with Crippen molar-refractivity contribution in [2.24, 2.45) is 21.5 Å². The first-order valence-corrected chi connectivity index (χ1v) is 9.07. The van der Waals surface area contributed by atoms with E-state index >= 15 is 0 Å². The van der Waals surface area contributed by atoms with E-state index in [-0.39, 0.29) is 5.96 Å². The Labute approximate surface area is 148 Å². The summed E-state index contributed by atoms with van der Waals surface area (Å²) in [6, 6.07) is 7.51. The van der Waals surface area contributed by atoms with Crippen molar-refractivity contribution >= 4 is 45.0 Å². The van der Waals surface area contributed by atoms with E-state index in [0.29, 0.717) is 10.8 Å². The number of carbonyl (C=O) groups is 1. The Hall–Kier alpha value is -2.61. The van der Waals surface area contributed by atoms with Gasteiger partial charge in [-0.15, -0.1) is 11.3 Å². The number of guanidine groups is 2. The lowest BCUT2D eigenvalue weighted by Crippen LogP contribution is -2.58. The zero-order valence-corrected chi connectivity index (χ0v) is 14.4. The molecule has 1 saturated carbocycles. The fourth-order valence-electron chi connectivity index (χ4n) is 3.77. The van der Waals surface area contributed by atoms with Crippen molar-refractivity contribution in [3.05, 3.63) is 29.1 Å². The molecule has 2 aliphatic rings. The Balaban J connectivity index is 1.82. The molecule has 2 heterocycles. The van der Waals surface area contributed by atoms with Gasteiger partial charge in [0.05, 0.1) is 0 Å². The van der Waals surface area contributed by atoms with Crippen LogP contribution in [0.3, 0.4) is 0 Å². The van der Waals surface area contributed by atoms with E-state index < -0.39 is 11.6 Å². The molecule has 0 amide bonds. The van der Waals surface area contributed by atoms with Crippen LogP contribution in [0.25, 0.3) is 10.1 Å². The van der Waals surface area contributed by atoms with E-state index in [0.717, 1.165) is 41.5 Å². The molecule has 2 aromatic rings. The predicted octanol–water partition coefficient (Wildman–Crippen LogP) is 2.71. The molecule has 1 fully saturated rings. The zero-order chi connectivity index (χ0) is 17.6. The Morgan fingerprint density at radius 2 is 1.96 bits per heavy atom. The standard InChI is InChI=1S/C17H19N5O2S/c18-15-20-16(19)22(17(21-15)6-2-1-3-7-17)11-4-5-12-10(8-11)9-13(25-12)14(23)24/h4-5,8-9H,1-3,6-7H2,(H,23,24)(H4,18,19,20,21). The van der Waals surface area contributed by atoms with Gasteiger partial charge in [0, 0.05) is 10.4 Å². The van der Waals surface area contributed by atoms with Crippen LogP contribution >= 0.6 is 11.3 Å². The van der Waals surface area contributed by atoms with Gasteiger partial charge in [-0.1, -0.05) is 6.42 Å². The van der Waals surface area contributed by atoms with Crippen LogP contribution < -0.4 is 16.4 Å². The third kappa shape index (κ3) is 2.62. The molecule has 0 unspecified atom stereocenters. The molecule has 0 atom stereocenters. The molecule has 1 aliphatic heterocycles. The number of hydrogen-bond acceptors (Lipinski definition) is 7. The fraction of sp³-hybridized carbons (Fsp3) is 0.353. The zero-order valence-electron chi connectivity index (χ0n) is 13.6. The van der Waals surface area contributed by atoms with Crippen molar-refractivity contribution in [3.63, 3.8) is 0 Å². The average Bonchev–Trinajstić information content (AvgIpc) is 2.98. The van der Waals surface area contributed by atoms with Gasteiger partial charge in [-0.2, -0.15) is 4.99 Å². The highest BCUT2D eigenvalue weighted by Crippen LogP contribution is 2.40. The Kier molecular flexibility index (Phi) is 3.64. The number of fused-ring (bicyclic) bond motifs is 1. The Morgan fingerprint density at radius 1 is 1.20 bits per heavy atom. The number of aromatic carboxylic acids is 1. The summed E-state index contributed by atoms with van der Waals surface area (Å²) in [6.07, 6.45) is 5.03. The minimum absolute atomic E-state index is 0.223. The number of carboxylic acids is 1. The largest absolute Gasteiger partial charge is 0.477 e. The van der Waals surface area contributed by atoms with Gasteiger partial charge in [0.2, 0.25) is 11.9 Å². The third-order valence-corrected chi connectivity index (χ3v) is 5.92. The molecule has 1 spiro atoms. The number of anilines is 1. The number of thiophene rings is 1. The highest BCUT2D eigenvalue weighted by atomic mass is 32.1. The van der Waals surface area contributed by atoms with Crippen molar-refractivity contribution < 1.29 is 9.90 Å². The van der Waals surface area contributed by atoms with Crippen LogP contribution in [-0.2, 0) is 0 Å². The van der Waals surface area contributed by atoms with Gasteiger partial charge >= 0.3 is 5.97 Å². The van der Waals surface area contributed by atoms with Gasteiger partial charge in [-0.05, 0) is 55.3 Å². The molecule has 5 N–H and O–H groups in total. The van der Waals surface area contributed by atoms with E-state index in [1.54, 1.807) is 6.07 Å². The van der Waals surface area contributed by atoms with E-state index in [4.69, 9.17) is 11.5 Å². The van der Waals surface area contributed by atoms with Crippen LogP contribution in [0, 0.1) is 0 Å². The van der Waals surface area contributed by atoms with Gasteiger partial charge in [0.25, 0.3) is 0 Å². The minimum Gasteiger partial charge on any atom is -0.477 e. The molecule has 0 radical (unpaired) electrons. The summed E-state index contributed by atoms with van der Waals surface area (Å²) < 4.78 is 0.925. The van der Waals surface area contributed by atoms with Crippen LogP contribution in [0.1, 0.15) is 41.8 Å². The lowest BCUT2D eigenvalue weighted by Gasteiger charge is -2.45. The van der Waals surface area contributed by atoms with Crippen molar-refractivity contribution in [3.8, 4) is 0 Å². The molecule has 4 rings (SSSR count). The second-order valence-corrected chi connectivity index (χ2v) is 7.54. The molecular formula is C17H19N5O2S. The molecule has 0 bridgehead atoms. The summed E-state index contributed by atoms with van der Waals surface area (Å²) in [5.74, 6) is -0.356. The first kappa shape index (κ1) is 15.9. The Bertz CT molecular complexity index is 911. The first-order chi connectivity index (χ1) is 12.0. The Morgan fingerprint density at radius 3 is 2.68 bits per heavy atom. The molecule has 8 heteroatoms. The van der Waals surface area contributed by atoms with E-state index in [1.807, 2.05) is 23.1 Å². The second kappa shape index (κ2) is 5.73. The van der Waals surface area contributed by atoms with Crippen LogP contribution in [0.5, 0.6) is 0 Å². The SMILES string of the molecule is NC1=NC2(CCCCC2)N(c2ccc3sc(C(=O)O)cc3c2)C(N)=N1. The van der Waals surface area contributed by atoms with Crippen LogP contribution in [0.4, 0.5) is 5.69 Å². The predicted molar refractivity (Wildman–Crippen MR) is 100 cm³/mol. The molecular weight excluding hydrogens is 338 g/mol.